The molecular weight excluding hydrogens is 241 g/mol. The van der Waals surface area contributed by atoms with E-state index in [0.717, 1.165) is 10.6 Å². The molecule has 0 saturated heterocycles. The number of hydrogen-bond donors (Lipinski definition) is 0. The third-order valence-corrected chi connectivity index (χ3v) is 3.24. The first-order chi connectivity index (χ1) is 6.70. The quantitative estimate of drug-likeness (QED) is 0.743. The normalized spacial score (nSPS) is 11.1. The second-order valence-corrected chi connectivity index (χ2v) is 4.69. The van der Waals surface area contributed by atoms with E-state index in [-0.39, 0.29) is 5.35 Å². The fourth-order valence-corrected chi connectivity index (χ4v) is 2.36. The molecule has 0 aliphatic heterocycles. The molecule has 0 radical (unpaired) electrons. The second kappa shape index (κ2) is 4.01. The lowest BCUT2D eigenvalue weighted by Crippen LogP contribution is -1.76. The highest BCUT2D eigenvalue weighted by Gasteiger charge is 2.08. The van der Waals surface area contributed by atoms with Crippen LogP contribution in [0.2, 0.25) is 10.4 Å². The van der Waals surface area contributed by atoms with Crippen molar-refractivity contribution in [2.45, 2.75) is 11.8 Å². The third-order valence-electron chi connectivity index (χ3n) is 1.72. The highest BCUT2D eigenvalue weighted by molar-refractivity contribution is 7.99. The number of nitrogens with zero attached hydrogens (tertiary/aromatic N) is 1. The number of oxazole rings is 1. The van der Waals surface area contributed by atoms with Crippen molar-refractivity contribution in [3.8, 4) is 0 Å². The number of rotatable bonds is 2. The zero-order valence-corrected chi connectivity index (χ0v) is 9.71. The summed E-state index contributed by atoms with van der Waals surface area (Å²) < 4.78 is 5.19. The van der Waals surface area contributed by atoms with Gasteiger partial charge in [0.25, 0.3) is 5.35 Å². The molecule has 2 nitrogen and oxygen atoms in total. The molecule has 0 N–H and O–H groups in total. The molecule has 0 spiro atoms. The first-order valence-electron chi connectivity index (χ1n) is 4.09. The van der Waals surface area contributed by atoms with Gasteiger partial charge in [0, 0.05) is 4.90 Å². The molecule has 0 bridgehead atoms. The average Bonchev–Trinajstić information content (AvgIpc) is 2.45. The van der Waals surface area contributed by atoms with Crippen molar-refractivity contribution in [2.75, 3.05) is 5.75 Å². The lowest BCUT2D eigenvalue weighted by atomic mass is 10.3. The second-order valence-electron chi connectivity index (χ2n) is 2.65. The van der Waals surface area contributed by atoms with E-state index in [1.165, 1.54) is 0 Å². The number of halogens is 2. The number of benzene rings is 1. The summed E-state index contributed by atoms with van der Waals surface area (Å²) in [5.74, 6) is 0.965. The zero-order chi connectivity index (χ0) is 10.1. The van der Waals surface area contributed by atoms with Crippen LogP contribution in [-0.4, -0.2) is 10.7 Å². The van der Waals surface area contributed by atoms with Crippen LogP contribution in [0.5, 0.6) is 0 Å². The van der Waals surface area contributed by atoms with Gasteiger partial charge in [0.15, 0.2) is 5.58 Å². The number of fused-ring (bicyclic) bond motifs is 1. The minimum atomic E-state index is 0.148. The molecule has 2 aromatic rings. The molecule has 0 atom stereocenters. The molecule has 0 amide bonds. The van der Waals surface area contributed by atoms with Crippen LogP contribution in [0.1, 0.15) is 6.92 Å². The topological polar surface area (TPSA) is 26.0 Å². The van der Waals surface area contributed by atoms with E-state index in [1.54, 1.807) is 17.8 Å². The molecule has 0 aliphatic rings. The predicted molar refractivity (Wildman–Crippen MR) is 60.4 cm³/mol. The summed E-state index contributed by atoms with van der Waals surface area (Å²) >= 11 is 13.3. The Bertz CT molecular complexity index is 469. The highest BCUT2D eigenvalue weighted by atomic mass is 35.5. The Labute approximate surface area is 95.6 Å². The van der Waals surface area contributed by atoms with E-state index in [0.29, 0.717) is 16.1 Å². The fourth-order valence-electron chi connectivity index (χ4n) is 1.17. The minimum Gasteiger partial charge on any atom is -0.428 e. The number of hydrogen-bond acceptors (Lipinski definition) is 3. The van der Waals surface area contributed by atoms with Crippen molar-refractivity contribution in [3.05, 3.63) is 22.5 Å². The first-order valence-corrected chi connectivity index (χ1v) is 5.83. The smallest absolute Gasteiger partial charge is 0.293 e. The van der Waals surface area contributed by atoms with Gasteiger partial charge < -0.3 is 4.42 Å². The molecule has 74 valence electrons. The number of aromatic nitrogens is 1. The lowest BCUT2D eigenvalue weighted by molar-refractivity contribution is 0.604. The van der Waals surface area contributed by atoms with Gasteiger partial charge in [-0.05, 0) is 29.5 Å². The standard InChI is InChI=1S/C9H7Cl2NOS/c1-2-14-8-4-7-6(3-5(8)10)12-9(11)13-7/h3-4H,2H2,1H3. The summed E-state index contributed by atoms with van der Waals surface area (Å²) in [6, 6.07) is 3.63. The van der Waals surface area contributed by atoms with Crippen molar-refractivity contribution in [2.24, 2.45) is 0 Å². The third kappa shape index (κ3) is 1.85. The summed E-state index contributed by atoms with van der Waals surface area (Å²) in [5, 5.41) is 0.837. The Morgan fingerprint density at radius 1 is 1.43 bits per heavy atom. The minimum absolute atomic E-state index is 0.148. The predicted octanol–water partition coefficient (Wildman–Crippen LogP) is 4.25. The Balaban J connectivity index is 2.58. The monoisotopic (exact) mass is 247 g/mol. The van der Waals surface area contributed by atoms with E-state index in [9.17, 15) is 0 Å². The van der Waals surface area contributed by atoms with Crippen molar-refractivity contribution in [3.63, 3.8) is 0 Å². The van der Waals surface area contributed by atoms with Crippen molar-refractivity contribution in [1.82, 2.24) is 4.98 Å². The fraction of sp³-hybridized carbons (Fsp3) is 0.222. The van der Waals surface area contributed by atoms with Crippen molar-refractivity contribution < 1.29 is 4.42 Å². The maximum Gasteiger partial charge on any atom is 0.293 e. The molecule has 0 saturated carbocycles. The van der Waals surface area contributed by atoms with Crippen LogP contribution in [0.25, 0.3) is 11.1 Å². The van der Waals surface area contributed by atoms with Crippen molar-refractivity contribution in [1.29, 1.82) is 0 Å². The average molecular weight is 248 g/mol. The lowest BCUT2D eigenvalue weighted by Gasteiger charge is -2.00. The van der Waals surface area contributed by atoms with Gasteiger partial charge in [-0.2, -0.15) is 4.98 Å². The molecule has 14 heavy (non-hydrogen) atoms. The Morgan fingerprint density at radius 2 is 2.21 bits per heavy atom. The molecule has 5 heteroatoms. The van der Waals surface area contributed by atoms with E-state index >= 15 is 0 Å². The van der Waals surface area contributed by atoms with Gasteiger partial charge in [0.05, 0.1) is 5.02 Å². The van der Waals surface area contributed by atoms with Crippen LogP contribution in [0.15, 0.2) is 21.4 Å². The van der Waals surface area contributed by atoms with Gasteiger partial charge >= 0.3 is 0 Å². The summed E-state index contributed by atoms with van der Waals surface area (Å²) in [6.07, 6.45) is 0. The van der Waals surface area contributed by atoms with Gasteiger partial charge in [-0.1, -0.05) is 18.5 Å². The van der Waals surface area contributed by atoms with E-state index in [2.05, 4.69) is 11.9 Å². The molecule has 1 heterocycles. The molecule has 0 fully saturated rings. The van der Waals surface area contributed by atoms with Crippen molar-refractivity contribution >= 4 is 46.1 Å². The van der Waals surface area contributed by atoms with Crippen LogP contribution >= 0.6 is 35.0 Å². The summed E-state index contributed by atoms with van der Waals surface area (Å²) in [7, 11) is 0. The molecule has 1 aromatic carbocycles. The van der Waals surface area contributed by atoms with Crippen LogP contribution in [-0.2, 0) is 0 Å². The van der Waals surface area contributed by atoms with E-state index < -0.39 is 0 Å². The van der Waals surface area contributed by atoms with Crippen LogP contribution in [0.4, 0.5) is 0 Å². The van der Waals surface area contributed by atoms with E-state index in [4.69, 9.17) is 27.6 Å². The Hall–Kier alpha value is -0.380. The zero-order valence-electron chi connectivity index (χ0n) is 7.38. The van der Waals surface area contributed by atoms with Gasteiger partial charge in [-0.25, -0.2) is 0 Å². The van der Waals surface area contributed by atoms with Crippen LogP contribution < -0.4 is 0 Å². The molecule has 2 rings (SSSR count). The maximum atomic E-state index is 6.05. The van der Waals surface area contributed by atoms with Gasteiger partial charge in [0.2, 0.25) is 0 Å². The molecule has 0 unspecified atom stereocenters. The molecular formula is C9H7Cl2NOS. The molecule has 0 aliphatic carbocycles. The van der Waals surface area contributed by atoms with Gasteiger partial charge in [-0.3, -0.25) is 0 Å². The van der Waals surface area contributed by atoms with Crippen LogP contribution in [0, 0.1) is 0 Å². The van der Waals surface area contributed by atoms with Crippen LogP contribution in [0.3, 0.4) is 0 Å². The summed E-state index contributed by atoms with van der Waals surface area (Å²) in [4.78, 5) is 4.98. The SMILES string of the molecule is CCSc1cc2oc(Cl)nc2cc1Cl. The number of thioether (sulfide) groups is 1. The van der Waals surface area contributed by atoms with Gasteiger partial charge in [0.1, 0.15) is 5.52 Å². The van der Waals surface area contributed by atoms with E-state index in [1.807, 2.05) is 6.07 Å². The maximum absolute atomic E-state index is 6.05. The first kappa shape index (κ1) is 10.1. The van der Waals surface area contributed by atoms with Gasteiger partial charge in [-0.15, -0.1) is 11.8 Å². The largest absolute Gasteiger partial charge is 0.428 e. The highest BCUT2D eigenvalue weighted by Crippen LogP contribution is 2.32. The Kier molecular flexibility index (Phi) is 2.91. The summed E-state index contributed by atoms with van der Waals surface area (Å²) in [5.41, 5.74) is 1.37. The Morgan fingerprint density at radius 3 is 2.93 bits per heavy atom. The molecule has 1 aromatic heterocycles. The summed E-state index contributed by atoms with van der Waals surface area (Å²) in [6.45, 7) is 2.07.